The molecule has 0 amide bonds. The number of nitrogens with zero attached hydrogens (tertiary/aromatic N) is 1. The first-order valence-electron chi connectivity index (χ1n) is 8.12. The Morgan fingerprint density at radius 3 is 2.19 bits per heavy atom. The van der Waals surface area contributed by atoms with Gasteiger partial charge in [0, 0.05) is 29.1 Å². The number of alkyl halides is 1. The summed E-state index contributed by atoms with van der Waals surface area (Å²) in [6.07, 6.45) is 3.38. The quantitative estimate of drug-likeness (QED) is 0.310. The molecule has 26 heavy (non-hydrogen) atoms. The molecule has 0 saturated carbocycles. The van der Waals surface area contributed by atoms with Crippen molar-refractivity contribution in [1.82, 2.24) is 4.98 Å². The molecule has 3 aromatic rings. The zero-order chi connectivity index (χ0) is 18.4. The summed E-state index contributed by atoms with van der Waals surface area (Å²) in [5, 5.41) is 0. The molecule has 0 radical (unpaired) electrons. The molecule has 0 aliphatic carbocycles. The van der Waals surface area contributed by atoms with Crippen LogP contribution >= 0.6 is 22.6 Å². The van der Waals surface area contributed by atoms with Crippen LogP contribution in [0.1, 0.15) is 22.6 Å². The normalized spacial score (nSPS) is 11.9. The third-order valence-electron chi connectivity index (χ3n) is 4.02. The second kappa shape index (κ2) is 8.80. The maximum absolute atomic E-state index is 12.8. The molecule has 1 aromatic heterocycles. The van der Waals surface area contributed by atoms with Gasteiger partial charge in [-0.15, -0.1) is 0 Å². The first-order valence-corrected chi connectivity index (χ1v) is 10.3. The number of rotatable bonds is 3. The molecule has 2 heterocycles. The highest BCUT2D eigenvalue weighted by Gasteiger charge is 2.33. The van der Waals surface area contributed by atoms with Crippen molar-refractivity contribution >= 4 is 28.6 Å². The standard InChI is InChI=1S/C20H15NO3.CH3I/c22-20(23-13-14-6-5-11-21-12-14)19-15-7-1-3-9-17(15)24-18-10-4-2-8-16(18)19;1-2/h1-12,19H,13H2;1H3. The number of halogens is 1. The van der Waals surface area contributed by atoms with Gasteiger partial charge in [-0.25, -0.2) is 0 Å². The van der Waals surface area contributed by atoms with Gasteiger partial charge < -0.3 is 9.47 Å². The van der Waals surface area contributed by atoms with E-state index in [4.69, 9.17) is 9.47 Å². The van der Waals surface area contributed by atoms with E-state index in [1.807, 2.05) is 65.6 Å². The Bertz CT molecular complexity index is 838. The maximum atomic E-state index is 12.8. The average Bonchev–Trinajstić information content (AvgIpc) is 2.72. The van der Waals surface area contributed by atoms with Gasteiger partial charge in [0.2, 0.25) is 0 Å². The number of para-hydroxylation sites is 2. The van der Waals surface area contributed by atoms with Crippen LogP contribution in [0, 0.1) is 0 Å². The zero-order valence-corrected chi connectivity index (χ0v) is 16.4. The highest BCUT2D eigenvalue weighted by Crippen LogP contribution is 2.44. The lowest BCUT2D eigenvalue weighted by Crippen LogP contribution is -2.21. The van der Waals surface area contributed by atoms with Crippen LogP contribution < -0.4 is 4.74 Å². The van der Waals surface area contributed by atoms with Gasteiger partial charge in [-0.05, 0) is 23.1 Å². The maximum Gasteiger partial charge on any atom is 0.318 e. The molecular formula is C21H18INO3. The summed E-state index contributed by atoms with van der Waals surface area (Å²) in [4.78, 5) is 18.8. The minimum Gasteiger partial charge on any atom is -0.460 e. The van der Waals surface area contributed by atoms with Crippen LogP contribution in [0.4, 0.5) is 0 Å². The van der Waals surface area contributed by atoms with Crippen LogP contribution in [0.25, 0.3) is 0 Å². The number of benzene rings is 2. The number of fused-ring (bicyclic) bond motifs is 2. The molecule has 132 valence electrons. The first-order chi connectivity index (χ1) is 12.8. The Hall–Kier alpha value is -2.41. The summed E-state index contributed by atoms with van der Waals surface area (Å²) in [6, 6.07) is 18.8. The predicted molar refractivity (Wildman–Crippen MR) is 109 cm³/mol. The number of aromatic nitrogens is 1. The number of hydrogen-bond donors (Lipinski definition) is 0. The summed E-state index contributed by atoms with van der Waals surface area (Å²) >= 11 is 2.15. The summed E-state index contributed by atoms with van der Waals surface area (Å²) in [7, 11) is 0. The lowest BCUT2D eigenvalue weighted by molar-refractivity contribution is -0.145. The van der Waals surface area contributed by atoms with Crippen molar-refractivity contribution in [2.75, 3.05) is 4.93 Å². The predicted octanol–water partition coefficient (Wildman–Crippen LogP) is 5.11. The Labute approximate surface area is 166 Å². The van der Waals surface area contributed by atoms with E-state index in [1.54, 1.807) is 12.4 Å². The zero-order valence-electron chi connectivity index (χ0n) is 14.3. The van der Waals surface area contributed by atoms with Gasteiger partial charge in [0.1, 0.15) is 24.0 Å². The summed E-state index contributed by atoms with van der Waals surface area (Å²) in [5.41, 5.74) is 2.51. The highest BCUT2D eigenvalue weighted by atomic mass is 127. The molecule has 0 saturated heterocycles. The van der Waals surface area contributed by atoms with Gasteiger partial charge >= 0.3 is 5.97 Å². The molecular weight excluding hydrogens is 441 g/mol. The third-order valence-corrected chi connectivity index (χ3v) is 4.02. The molecule has 5 heteroatoms. The van der Waals surface area contributed by atoms with Crippen molar-refractivity contribution < 1.29 is 14.3 Å². The smallest absolute Gasteiger partial charge is 0.318 e. The van der Waals surface area contributed by atoms with Crippen molar-refractivity contribution in [3.05, 3.63) is 89.7 Å². The van der Waals surface area contributed by atoms with Crippen molar-refractivity contribution in [3.8, 4) is 11.5 Å². The number of carbonyl (C=O) groups excluding carboxylic acids is 1. The number of ether oxygens (including phenoxy) is 2. The number of hydrogen-bond acceptors (Lipinski definition) is 4. The lowest BCUT2D eigenvalue weighted by Gasteiger charge is -2.26. The second-order valence-electron chi connectivity index (χ2n) is 5.58. The second-order valence-corrected chi connectivity index (χ2v) is 5.58. The molecule has 4 nitrogen and oxygen atoms in total. The van der Waals surface area contributed by atoms with Crippen LogP contribution in [-0.2, 0) is 16.1 Å². The van der Waals surface area contributed by atoms with E-state index in [9.17, 15) is 4.79 Å². The van der Waals surface area contributed by atoms with Crippen molar-refractivity contribution in [2.24, 2.45) is 0 Å². The monoisotopic (exact) mass is 459 g/mol. The molecule has 0 atom stereocenters. The minimum absolute atomic E-state index is 0.203. The molecule has 0 N–H and O–H groups in total. The van der Waals surface area contributed by atoms with E-state index >= 15 is 0 Å². The largest absolute Gasteiger partial charge is 0.460 e. The Balaban J connectivity index is 0.000000948. The van der Waals surface area contributed by atoms with Crippen LogP contribution in [0.3, 0.4) is 0 Å². The van der Waals surface area contributed by atoms with Gasteiger partial charge in [0.05, 0.1) is 0 Å². The molecule has 1 aliphatic rings. The Kier molecular flexibility index (Phi) is 6.22. The fraction of sp³-hybridized carbons (Fsp3) is 0.143. The average molecular weight is 459 g/mol. The van der Waals surface area contributed by atoms with E-state index in [1.165, 1.54) is 0 Å². The van der Waals surface area contributed by atoms with E-state index in [0.29, 0.717) is 11.5 Å². The van der Waals surface area contributed by atoms with E-state index in [-0.39, 0.29) is 12.6 Å². The van der Waals surface area contributed by atoms with Crippen LogP contribution in [0.15, 0.2) is 73.1 Å². The minimum atomic E-state index is -0.483. The molecule has 4 rings (SSSR count). The van der Waals surface area contributed by atoms with Crippen LogP contribution in [0.5, 0.6) is 11.5 Å². The SMILES string of the molecule is CI.O=C(OCc1cccnc1)C1c2ccccc2Oc2ccccc21. The van der Waals surface area contributed by atoms with Crippen molar-refractivity contribution in [3.63, 3.8) is 0 Å². The Morgan fingerprint density at radius 2 is 1.62 bits per heavy atom. The van der Waals surface area contributed by atoms with Gasteiger partial charge in [0.15, 0.2) is 0 Å². The number of carbonyl (C=O) groups is 1. The number of pyridine rings is 1. The van der Waals surface area contributed by atoms with E-state index in [2.05, 4.69) is 27.6 Å². The van der Waals surface area contributed by atoms with Crippen molar-refractivity contribution in [2.45, 2.75) is 12.5 Å². The lowest BCUT2D eigenvalue weighted by atomic mass is 9.88. The fourth-order valence-electron chi connectivity index (χ4n) is 2.89. The molecule has 1 aliphatic heterocycles. The van der Waals surface area contributed by atoms with Gasteiger partial charge in [-0.3, -0.25) is 9.78 Å². The third kappa shape index (κ3) is 3.88. The molecule has 0 fully saturated rings. The topological polar surface area (TPSA) is 48.4 Å². The van der Waals surface area contributed by atoms with E-state index < -0.39 is 5.92 Å². The molecule has 2 aromatic carbocycles. The van der Waals surface area contributed by atoms with Crippen LogP contribution in [-0.4, -0.2) is 15.9 Å². The fourth-order valence-corrected chi connectivity index (χ4v) is 2.89. The van der Waals surface area contributed by atoms with Gasteiger partial charge in [-0.2, -0.15) is 0 Å². The number of esters is 1. The summed E-state index contributed by atoms with van der Waals surface area (Å²) in [6.45, 7) is 0.203. The summed E-state index contributed by atoms with van der Waals surface area (Å²) < 4.78 is 11.4. The highest BCUT2D eigenvalue weighted by molar-refractivity contribution is 14.1. The Morgan fingerprint density at radius 1 is 1.00 bits per heavy atom. The summed E-state index contributed by atoms with van der Waals surface area (Å²) in [5.74, 6) is 0.615. The van der Waals surface area contributed by atoms with Gasteiger partial charge in [-0.1, -0.05) is 65.1 Å². The molecule has 0 spiro atoms. The molecule has 0 bridgehead atoms. The van der Waals surface area contributed by atoms with Gasteiger partial charge in [0.25, 0.3) is 0 Å². The van der Waals surface area contributed by atoms with E-state index in [0.717, 1.165) is 16.7 Å². The first kappa shape index (κ1) is 18.4. The van der Waals surface area contributed by atoms with Crippen LogP contribution in [0.2, 0.25) is 0 Å². The van der Waals surface area contributed by atoms with Crippen molar-refractivity contribution in [1.29, 1.82) is 0 Å². The molecule has 0 unspecified atom stereocenters.